The van der Waals surface area contributed by atoms with Crippen LogP contribution in [-0.2, 0) is 43.9 Å². The van der Waals surface area contributed by atoms with E-state index in [1.54, 1.807) is 24.3 Å². The number of nitrogens with zero attached hydrogens (tertiary/aromatic N) is 1. The molecule has 53 heavy (non-hydrogen) atoms. The molecule has 1 aliphatic rings. The van der Waals surface area contributed by atoms with Crippen LogP contribution in [0.2, 0.25) is 0 Å². The average molecular weight is 734 g/mol. The van der Waals surface area contributed by atoms with Gasteiger partial charge in [0.2, 0.25) is 15.9 Å². The summed E-state index contributed by atoms with van der Waals surface area (Å²) in [4.78, 5) is 16.1. The molecule has 6 rings (SSSR count). The molecular weight excluding hydrogens is 687 g/mol. The number of amides is 1. The lowest BCUT2D eigenvalue weighted by Gasteiger charge is -2.42. The van der Waals surface area contributed by atoms with E-state index in [2.05, 4.69) is 41.0 Å². The molecule has 3 N–H and O–H groups in total. The fourth-order valence-corrected chi connectivity index (χ4v) is 7.75. The maximum atomic E-state index is 13.7. The van der Waals surface area contributed by atoms with Crippen LogP contribution < -0.4 is 10.0 Å². The molecule has 5 aromatic rings. The number of likely N-dealkylation sites (N-methyl/N-ethyl adjacent to an activating group) is 1. The molecular formula is C43H47N3O6S. The molecule has 9 nitrogen and oxygen atoms in total. The summed E-state index contributed by atoms with van der Waals surface area (Å²) in [7, 11) is -1.90. The lowest BCUT2D eigenvalue weighted by Crippen LogP contribution is -2.45. The minimum absolute atomic E-state index is 0.0215. The van der Waals surface area contributed by atoms with Crippen LogP contribution in [0.5, 0.6) is 0 Å². The highest BCUT2D eigenvalue weighted by atomic mass is 32.2. The third-order valence-corrected chi connectivity index (χ3v) is 11.1. The van der Waals surface area contributed by atoms with Gasteiger partial charge in [0.15, 0.2) is 6.29 Å². The fraction of sp³-hybridized carbons (Fsp3) is 0.279. The summed E-state index contributed by atoms with van der Waals surface area (Å²) < 4.78 is 42.6. The monoisotopic (exact) mass is 733 g/mol. The van der Waals surface area contributed by atoms with Crippen LogP contribution in [0, 0.1) is 12.8 Å². The number of sulfonamides is 1. The number of benzene rings is 5. The Hall–Kier alpha value is -4.68. The summed E-state index contributed by atoms with van der Waals surface area (Å²) in [5.74, 6) is -0.461. The van der Waals surface area contributed by atoms with Gasteiger partial charge in [-0.05, 0) is 66.9 Å². The smallest absolute Gasteiger partial charge is 0.242 e. The molecule has 5 aromatic carbocycles. The van der Waals surface area contributed by atoms with Crippen LogP contribution in [0.1, 0.15) is 52.7 Å². The Labute approximate surface area is 312 Å². The lowest BCUT2D eigenvalue weighted by molar-refractivity contribution is -0.276. The first-order valence-electron chi connectivity index (χ1n) is 17.8. The second-order valence-corrected chi connectivity index (χ2v) is 15.5. The van der Waals surface area contributed by atoms with Gasteiger partial charge >= 0.3 is 0 Å². The van der Waals surface area contributed by atoms with Crippen molar-refractivity contribution >= 4 is 21.6 Å². The summed E-state index contributed by atoms with van der Waals surface area (Å²) in [5.41, 5.74) is 6.09. The first kappa shape index (κ1) is 38.1. The number of rotatable bonds is 14. The normalized spacial score (nSPS) is 19.5. The minimum atomic E-state index is -3.98. The molecule has 0 aromatic heterocycles. The highest BCUT2D eigenvalue weighted by Crippen LogP contribution is 2.42. The number of hydrogen-bond acceptors (Lipinski definition) is 7. The molecule has 1 saturated heterocycles. The van der Waals surface area contributed by atoms with Crippen molar-refractivity contribution in [2.75, 3.05) is 18.9 Å². The van der Waals surface area contributed by atoms with E-state index in [4.69, 9.17) is 9.47 Å². The van der Waals surface area contributed by atoms with E-state index in [0.717, 1.165) is 34.4 Å². The van der Waals surface area contributed by atoms with Gasteiger partial charge in [-0.2, -0.15) is 4.72 Å². The Morgan fingerprint density at radius 2 is 1.38 bits per heavy atom. The number of aryl methyl sites for hydroxylation is 1. The second-order valence-electron chi connectivity index (χ2n) is 13.8. The third-order valence-electron chi connectivity index (χ3n) is 9.59. The predicted octanol–water partition coefficient (Wildman–Crippen LogP) is 6.94. The summed E-state index contributed by atoms with van der Waals surface area (Å²) >= 11 is 0. The quantitative estimate of drug-likeness (QED) is 0.113. The molecule has 0 aliphatic carbocycles. The Morgan fingerprint density at radius 1 is 0.774 bits per heavy atom. The molecule has 10 heteroatoms. The fourth-order valence-electron chi connectivity index (χ4n) is 6.56. The zero-order chi connectivity index (χ0) is 37.4. The summed E-state index contributed by atoms with van der Waals surface area (Å²) in [6.45, 7) is 5.44. The molecule has 5 unspecified atom stereocenters. The standard InChI is InChI=1S/C43H47N3O6S/c1-30-14-24-38(25-15-30)53(49,50)45-39(26-32-10-6-4-7-11-32)42(48)44-37-22-20-36(21-23-37)43-51-40(28-46(3)27-33-12-8-5-9-13-33)31(2)41(52-43)35-18-16-34(29-47)17-19-35/h4-25,31,39-41,43,45,47H,26-29H2,1-3H3,(H,44,48). The average Bonchev–Trinajstić information content (AvgIpc) is 3.16. The molecule has 1 aliphatic heterocycles. The maximum absolute atomic E-state index is 13.7. The number of hydrogen-bond donors (Lipinski definition) is 3. The van der Waals surface area contributed by atoms with Gasteiger partial charge in [0.25, 0.3) is 0 Å². The number of aliphatic hydroxyl groups excluding tert-OH is 1. The number of aliphatic hydroxyl groups is 1. The molecule has 276 valence electrons. The van der Waals surface area contributed by atoms with Crippen LogP contribution in [0.15, 0.2) is 138 Å². The number of anilines is 1. The summed E-state index contributed by atoms with van der Waals surface area (Å²) in [6, 6.07) is 40.2. The number of carbonyl (C=O) groups is 1. The molecule has 1 amide bonds. The largest absolute Gasteiger partial charge is 0.392 e. The van der Waals surface area contributed by atoms with Crippen molar-refractivity contribution in [1.29, 1.82) is 0 Å². The van der Waals surface area contributed by atoms with E-state index in [1.807, 2.05) is 91.9 Å². The Morgan fingerprint density at radius 3 is 2.00 bits per heavy atom. The van der Waals surface area contributed by atoms with Crippen molar-refractivity contribution < 1.29 is 27.8 Å². The molecule has 0 spiro atoms. The first-order chi connectivity index (χ1) is 25.6. The molecule has 1 fully saturated rings. The maximum Gasteiger partial charge on any atom is 0.242 e. The van der Waals surface area contributed by atoms with Crippen LogP contribution in [0.3, 0.4) is 0 Å². The van der Waals surface area contributed by atoms with Gasteiger partial charge < -0.3 is 19.9 Å². The van der Waals surface area contributed by atoms with Crippen LogP contribution in [0.4, 0.5) is 5.69 Å². The molecule has 0 radical (unpaired) electrons. The Balaban J connectivity index is 1.19. The zero-order valence-electron chi connectivity index (χ0n) is 30.3. The van der Waals surface area contributed by atoms with Crippen LogP contribution in [0.25, 0.3) is 0 Å². The lowest BCUT2D eigenvalue weighted by atomic mass is 9.90. The highest BCUT2D eigenvalue weighted by molar-refractivity contribution is 7.89. The van der Waals surface area contributed by atoms with E-state index in [9.17, 15) is 18.3 Å². The third kappa shape index (κ3) is 10.1. The predicted molar refractivity (Wildman–Crippen MR) is 206 cm³/mol. The van der Waals surface area contributed by atoms with E-state index < -0.39 is 28.3 Å². The first-order valence-corrected chi connectivity index (χ1v) is 19.3. The molecule has 5 atom stereocenters. The van der Waals surface area contributed by atoms with Gasteiger partial charge in [-0.25, -0.2) is 8.42 Å². The summed E-state index contributed by atoms with van der Waals surface area (Å²) in [5, 5.41) is 12.5. The van der Waals surface area contributed by atoms with Gasteiger partial charge in [0, 0.05) is 30.3 Å². The minimum Gasteiger partial charge on any atom is -0.392 e. The highest BCUT2D eigenvalue weighted by Gasteiger charge is 2.39. The van der Waals surface area contributed by atoms with Gasteiger partial charge in [-0.15, -0.1) is 0 Å². The van der Waals surface area contributed by atoms with E-state index in [-0.39, 0.29) is 36.0 Å². The number of ether oxygens (including phenoxy) is 2. The van der Waals surface area contributed by atoms with Crippen molar-refractivity contribution in [2.45, 2.75) is 62.9 Å². The Kier molecular flexibility index (Phi) is 12.5. The van der Waals surface area contributed by atoms with E-state index in [0.29, 0.717) is 12.2 Å². The topological polar surface area (TPSA) is 117 Å². The number of carbonyl (C=O) groups excluding carboxylic acids is 1. The van der Waals surface area contributed by atoms with Crippen LogP contribution >= 0.6 is 0 Å². The number of nitrogens with one attached hydrogen (secondary N) is 2. The van der Waals surface area contributed by atoms with Gasteiger partial charge in [0.1, 0.15) is 6.04 Å². The zero-order valence-corrected chi connectivity index (χ0v) is 31.1. The van der Waals surface area contributed by atoms with E-state index >= 15 is 0 Å². The van der Waals surface area contributed by atoms with Crippen molar-refractivity contribution in [2.24, 2.45) is 5.92 Å². The Bertz CT molecular complexity index is 2030. The molecule has 0 saturated carbocycles. The van der Waals surface area contributed by atoms with Crippen molar-refractivity contribution in [3.05, 3.63) is 167 Å². The van der Waals surface area contributed by atoms with E-state index in [1.165, 1.54) is 17.7 Å². The molecule has 1 heterocycles. The second kappa shape index (κ2) is 17.4. The van der Waals surface area contributed by atoms with Gasteiger partial charge in [-0.1, -0.05) is 122 Å². The van der Waals surface area contributed by atoms with Crippen molar-refractivity contribution in [1.82, 2.24) is 9.62 Å². The van der Waals surface area contributed by atoms with Crippen LogP contribution in [-0.4, -0.2) is 50.1 Å². The SMILES string of the molecule is Cc1ccc(S(=O)(=O)NC(Cc2ccccc2)C(=O)Nc2ccc(C3OC(CN(C)Cc4ccccc4)C(C)C(c4ccc(CO)cc4)O3)cc2)cc1. The van der Waals surface area contributed by atoms with Crippen molar-refractivity contribution in [3.63, 3.8) is 0 Å². The van der Waals surface area contributed by atoms with Gasteiger partial charge in [-0.3, -0.25) is 9.69 Å². The molecule has 0 bridgehead atoms. The van der Waals surface area contributed by atoms with Gasteiger partial charge in [0.05, 0.1) is 23.7 Å². The van der Waals surface area contributed by atoms with Crippen molar-refractivity contribution in [3.8, 4) is 0 Å². The summed E-state index contributed by atoms with van der Waals surface area (Å²) in [6.07, 6.45) is -0.944.